The average Bonchev–Trinajstić information content (AvgIpc) is 2.75. The SMILES string of the molecule is O=C(c1ccc(N2CCC(O)CC2)nc1)N1CCC(Oc2cccnc2)CC1. The van der Waals surface area contributed by atoms with Crippen LogP contribution < -0.4 is 9.64 Å². The number of carbonyl (C=O) groups is 1. The number of hydrogen-bond acceptors (Lipinski definition) is 6. The highest BCUT2D eigenvalue weighted by molar-refractivity contribution is 5.94. The van der Waals surface area contributed by atoms with Gasteiger partial charge in [-0.25, -0.2) is 4.98 Å². The van der Waals surface area contributed by atoms with E-state index in [1.165, 1.54) is 0 Å². The third kappa shape index (κ3) is 4.42. The van der Waals surface area contributed by atoms with Crippen LogP contribution in [0.4, 0.5) is 5.82 Å². The first-order chi connectivity index (χ1) is 13.7. The van der Waals surface area contributed by atoms with Crippen molar-refractivity contribution in [3.63, 3.8) is 0 Å². The van der Waals surface area contributed by atoms with Crippen LogP contribution in [-0.2, 0) is 0 Å². The molecule has 2 fully saturated rings. The van der Waals surface area contributed by atoms with E-state index in [-0.39, 0.29) is 18.1 Å². The number of rotatable bonds is 4. The lowest BCUT2D eigenvalue weighted by atomic mass is 10.1. The van der Waals surface area contributed by atoms with Crippen LogP contribution in [0.3, 0.4) is 0 Å². The summed E-state index contributed by atoms with van der Waals surface area (Å²) in [6.07, 6.45) is 8.16. The van der Waals surface area contributed by atoms with E-state index in [0.29, 0.717) is 18.7 Å². The molecule has 2 aromatic heterocycles. The molecule has 4 rings (SSSR count). The second kappa shape index (κ2) is 8.56. The molecule has 7 heteroatoms. The van der Waals surface area contributed by atoms with Gasteiger partial charge in [0.15, 0.2) is 0 Å². The van der Waals surface area contributed by atoms with E-state index in [1.807, 2.05) is 29.2 Å². The topological polar surface area (TPSA) is 78.8 Å². The number of aliphatic hydroxyl groups is 1. The Labute approximate surface area is 165 Å². The maximum atomic E-state index is 12.8. The predicted octanol–water partition coefficient (Wildman–Crippen LogP) is 2.12. The van der Waals surface area contributed by atoms with Crippen molar-refractivity contribution in [2.75, 3.05) is 31.1 Å². The first-order valence-electron chi connectivity index (χ1n) is 9.94. The highest BCUT2D eigenvalue weighted by Gasteiger charge is 2.25. The van der Waals surface area contributed by atoms with E-state index in [0.717, 1.165) is 50.3 Å². The number of anilines is 1. The number of pyridine rings is 2. The molecule has 0 aliphatic carbocycles. The third-order valence-corrected chi connectivity index (χ3v) is 5.45. The highest BCUT2D eigenvalue weighted by atomic mass is 16.5. The van der Waals surface area contributed by atoms with Crippen LogP contribution in [-0.4, -0.2) is 64.3 Å². The highest BCUT2D eigenvalue weighted by Crippen LogP contribution is 2.21. The standard InChI is InChI=1S/C21H26N4O3/c26-17-5-10-24(11-6-17)20-4-3-16(14-23-20)21(27)25-12-7-18(8-13-25)28-19-2-1-9-22-15-19/h1-4,9,14-15,17-18,26H,5-8,10-13H2. The molecule has 0 bridgehead atoms. The van der Waals surface area contributed by atoms with Crippen LogP contribution in [0, 0.1) is 0 Å². The minimum absolute atomic E-state index is 0.0212. The Kier molecular flexibility index (Phi) is 5.71. The normalized spacial score (nSPS) is 18.9. The van der Waals surface area contributed by atoms with E-state index in [2.05, 4.69) is 14.9 Å². The van der Waals surface area contributed by atoms with Crippen LogP contribution in [0.1, 0.15) is 36.0 Å². The van der Waals surface area contributed by atoms with Gasteiger partial charge in [0, 0.05) is 51.4 Å². The smallest absolute Gasteiger partial charge is 0.255 e. The van der Waals surface area contributed by atoms with E-state index in [4.69, 9.17) is 4.74 Å². The Morgan fingerprint density at radius 1 is 1.04 bits per heavy atom. The number of carbonyl (C=O) groups excluding carboxylic acids is 1. The molecule has 0 aromatic carbocycles. The van der Waals surface area contributed by atoms with Gasteiger partial charge >= 0.3 is 0 Å². The minimum atomic E-state index is -0.206. The Balaban J connectivity index is 1.30. The molecule has 0 unspecified atom stereocenters. The molecule has 0 saturated carbocycles. The maximum Gasteiger partial charge on any atom is 0.255 e. The Bertz CT molecular complexity index is 768. The summed E-state index contributed by atoms with van der Waals surface area (Å²) in [5.74, 6) is 1.66. The molecule has 4 heterocycles. The molecule has 7 nitrogen and oxygen atoms in total. The van der Waals surface area contributed by atoms with Crippen LogP contribution in [0.2, 0.25) is 0 Å². The lowest BCUT2D eigenvalue weighted by Crippen LogP contribution is -2.41. The lowest BCUT2D eigenvalue weighted by Gasteiger charge is -2.32. The first-order valence-corrected chi connectivity index (χ1v) is 9.94. The fraction of sp³-hybridized carbons (Fsp3) is 0.476. The summed E-state index contributed by atoms with van der Waals surface area (Å²) in [5.41, 5.74) is 0.618. The van der Waals surface area contributed by atoms with Crippen molar-refractivity contribution >= 4 is 11.7 Å². The molecule has 2 saturated heterocycles. The second-order valence-corrected chi connectivity index (χ2v) is 7.42. The number of piperidine rings is 2. The fourth-order valence-corrected chi connectivity index (χ4v) is 3.76. The number of nitrogens with zero attached hydrogens (tertiary/aromatic N) is 4. The summed E-state index contributed by atoms with van der Waals surface area (Å²) in [4.78, 5) is 25.4. The van der Waals surface area contributed by atoms with Gasteiger partial charge in [0.2, 0.25) is 0 Å². The van der Waals surface area contributed by atoms with Crippen molar-refractivity contribution in [3.8, 4) is 5.75 Å². The van der Waals surface area contributed by atoms with Gasteiger partial charge in [-0.1, -0.05) is 0 Å². The zero-order chi connectivity index (χ0) is 19.3. The summed E-state index contributed by atoms with van der Waals surface area (Å²) in [6.45, 7) is 2.95. The summed E-state index contributed by atoms with van der Waals surface area (Å²) < 4.78 is 5.94. The van der Waals surface area contributed by atoms with Gasteiger partial charge < -0.3 is 19.6 Å². The number of aromatic nitrogens is 2. The van der Waals surface area contributed by atoms with Crippen LogP contribution in [0.5, 0.6) is 5.75 Å². The first kappa shape index (κ1) is 18.7. The van der Waals surface area contributed by atoms with Gasteiger partial charge in [-0.15, -0.1) is 0 Å². The number of aliphatic hydroxyl groups excluding tert-OH is 1. The molecule has 2 aliphatic rings. The monoisotopic (exact) mass is 382 g/mol. The van der Waals surface area contributed by atoms with Gasteiger partial charge in [0.05, 0.1) is 17.9 Å². The number of hydrogen-bond donors (Lipinski definition) is 1. The lowest BCUT2D eigenvalue weighted by molar-refractivity contribution is 0.0594. The summed E-state index contributed by atoms with van der Waals surface area (Å²) in [5, 5.41) is 9.63. The van der Waals surface area contributed by atoms with Crippen molar-refractivity contribution < 1.29 is 14.6 Å². The molecule has 1 amide bonds. The molecule has 0 radical (unpaired) electrons. The van der Waals surface area contributed by atoms with Gasteiger partial charge in [-0.05, 0) is 37.1 Å². The zero-order valence-electron chi connectivity index (χ0n) is 15.9. The molecule has 1 N–H and O–H groups in total. The largest absolute Gasteiger partial charge is 0.489 e. The molecular weight excluding hydrogens is 356 g/mol. The van der Waals surface area contributed by atoms with Crippen LogP contribution in [0.25, 0.3) is 0 Å². The van der Waals surface area contributed by atoms with Crippen molar-refractivity contribution in [2.45, 2.75) is 37.9 Å². The van der Waals surface area contributed by atoms with E-state index >= 15 is 0 Å². The van der Waals surface area contributed by atoms with Crippen LogP contribution in [0.15, 0.2) is 42.9 Å². The van der Waals surface area contributed by atoms with Gasteiger partial charge in [0.25, 0.3) is 5.91 Å². The van der Waals surface area contributed by atoms with Crippen molar-refractivity contribution in [1.29, 1.82) is 0 Å². The molecule has 2 aliphatic heterocycles. The minimum Gasteiger partial charge on any atom is -0.489 e. The Morgan fingerprint density at radius 3 is 2.46 bits per heavy atom. The summed E-state index contributed by atoms with van der Waals surface area (Å²) >= 11 is 0. The summed E-state index contributed by atoms with van der Waals surface area (Å²) in [7, 11) is 0. The van der Waals surface area contributed by atoms with Crippen molar-refractivity contribution in [2.24, 2.45) is 0 Å². The number of likely N-dealkylation sites (tertiary alicyclic amines) is 1. The van der Waals surface area contributed by atoms with Gasteiger partial charge in [-0.2, -0.15) is 0 Å². The average molecular weight is 382 g/mol. The molecule has 0 atom stereocenters. The quantitative estimate of drug-likeness (QED) is 0.873. The van der Waals surface area contributed by atoms with E-state index in [1.54, 1.807) is 18.6 Å². The van der Waals surface area contributed by atoms with E-state index in [9.17, 15) is 9.90 Å². The third-order valence-electron chi connectivity index (χ3n) is 5.45. The molecule has 0 spiro atoms. The molecular formula is C21H26N4O3. The van der Waals surface area contributed by atoms with Crippen LogP contribution >= 0.6 is 0 Å². The van der Waals surface area contributed by atoms with E-state index < -0.39 is 0 Å². The second-order valence-electron chi connectivity index (χ2n) is 7.42. The molecule has 2 aromatic rings. The number of amides is 1. The number of ether oxygens (including phenoxy) is 1. The summed E-state index contributed by atoms with van der Waals surface area (Å²) in [6, 6.07) is 7.52. The van der Waals surface area contributed by atoms with Crippen molar-refractivity contribution in [1.82, 2.24) is 14.9 Å². The van der Waals surface area contributed by atoms with Gasteiger partial charge in [0.1, 0.15) is 17.7 Å². The van der Waals surface area contributed by atoms with Gasteiger partial charge in [-0.3, -0.25) is 9.78 Å². The van der Waals surface area contributed by atoms with Crippen molar-refractivity contribution in [3.05, 3.63) is 48.4 Å². The fourth-order valence-electron chi connectivity index (χ4n) is 3.76. The Morgan fingerprint density at radius 2 is 1.82 bits per heavy atom. The predicted molar refractivity (Wildman–Crippen MR) is 105 cm³/mol. The zero-order valence-corrected chi connectivity index (χ0v) is 15.9. The maximum absolute atomic E-state index is 12.8. The molecule has 148 valence electrons. The Hall–Kier alpha value is -2.67. The molecule has 28 heavy (non-hydrogen) atoms.